The largest absolute Gasteiger partial charge is 0.389 e. The Kier molecular flexibility index (Phi) is 4.78. The Hall–Kier alpha value is -0.180. The number of hydrogen-bond donors (Lipinski definition) is 2. The second-order valence-corrected chi connectivity index (χ2v) is 10.4. The number of nitrogens with one attached hydrogen (secondary N) is 1. The van der Waals surface area contributed by atoms with Crippen molar-refractivity contribution in [3.05, 3.63) is 0 Å². The van der Waals surface area contributed by atoms with Crippen molar-refractivity contribution in [1.82, 2.24) is 4.72 Å². The van der Waals surface area contributed by atoms with Crippen LogP contribution in [0.4, 0.5) is 0 Å². The molecule has 0 aromatic rings. The number of sulfonamides is 1. The first-order valence-corrected chi connectivity index (χ1v) is 10.5. The molecule has 118 valence electrons. The summed E-state index contributed by atoms with van der Waals surface area (Å²) in [5.41, 5.74) is -0.938. The fourth-order valence-corrected chi connectivity index (χ4v) is 6.27. The minimum absolute atomic E-state index is 0.0403. The van der Waals surface area contributed by atoms with Gasteiger partial charge in [-0.25, -0.2) is 21.6 Å². The van der Waals surface area contributed by atoms with Gasteiger partial charge in [0.1, 0.15) is 9.84 Å². The summed E-state index contributed by atoms with van der Waals surface area (Å²) in [6.45, 7) is 0.0403. The van der Waals surface area contributed by atoms with E-state index < -0.39 is 30.7 Å². The zero-order chi connectivity index (χ0) is 14.9. The zero-order valence-corrected chi connectivity index (χ0v) is 13.2. The molecule has 1 saturated carbocycles. The van der Waals surface area contributed by atoms with Crippen LogP contribution in [0.3, 0.4) is 0 Å². The van der Waals surface area contributed by atoms with Crippen LogP contribution in [0.5, 0.6) is 0 Å². The molecule has 1 heterocycles. The molecule has 2 rings (SSSR count). The van der Waals surface area contributed by atoms with Gasteiger partial charge < -0.3 is 5.11 Å². The summed E-state index contributed by atoms with van der Waals surface area (Å²) >= 11 is 0. The molecule has 1 aliphatic heterocycles. The quantitative estimate of drug-likeness (QED) is 0.768. The predicted molar refractivity (Wildman–Crippen MR) is 76.6 cm³/mol. The molecule has 20 heavy (non-hydrogen) atoms. The van der Waals surface area contributed by atoms with Crippen molar-refractivity contribution in [3.63, 3.8) is 0 Å². The SMILES string of the molecule is O=S1(=O)CCC(S(=O)(=O)NCC2(O)CCCCC2)CC1. The average Bonchev–Trinajstić information content (AvgIpc) is 2.37. The maximum atomic E-state index is 12.2. The molecule has 0 spiro atoms. The minimum atomic E-state index is -3.55. The van der Waals surface area contributed by atoms with E-state index in [9.17, 15) is 21.9 Å². The maximum absolute atomic E-state index is 12.2. The molecule has 0 unspecified atom stereocenters. The molecular formula is C12H23NO5S2. The third kappa shape index (κ3) is 4.16. The van der Waals surface area contributed by atoms with E-state index in [2.05, 4.69) is 4.72 Å². The molecule has 1 saturated heterocycles. The van der Waals surface area contributed by atoms with E-state index in [0.29, 0.717) is 12.8 Å². The van der Waals surface area contributed by atoms with Gasteiger partial charge in [0.25, 0.3) is 0 Å². The van der Waals surface area contributed by atoms with Crippen molar-refractivity contribution in [3.8, 4) is 0 Å². The second kappa shape index (κ2) is 5.90. The fourth-order valence-electron chi connectivity index (χ4n) is 2.92. The lowest BCUT2D eigenvalue weighted by atomic mass is 9.85. The molecule has 0 aromatic heterocycles. The summed E-state index contributed by atoms with van der Waals surface area (Å²) in [5.74, 6) is -0.133. The Morgan fingerprint density at radius 2 is 1.65 bits per heavy atom. The molecule has 2 N–H and O–H groups in total. The van der Waals surface area contributed by atoms with Gasteiger partial charge in [-0.1, -0.05) is 19.3 Å². The third-order valence-corrected chi connectivity index (χ3v) is 7.94. The number of aliphatic hydroxyl groups is 1. The van der Waals surface area contributed by atoms with E-state index in [0.717, 1.165) is 19.3 Å². The van der Waals surface area contributed by atoms with Crippen molar-refractivity contribution in [1.29, 1.82) is 0 Å². The van der Waals surface area contributed by atoms with Crippen LogP contribution in [0.1, 0.15) is 44.9 Å². The van der Waals surface area contributed by atoms with E-state index >= 15 is 0 Å². The van der Waals surface area contributed by atoms with Crippen LogP contribution in [0.2, 0.25) is 0 Å². The van der Waals surface area contributed by atoms with Crippen LogP contribution >= 0.6 is 0 Å². The molecule has 2 fully saturated rings. The molecule has 2 aliphatic rings. The van der Waals surface area contributed by atoms with Gasteiger partial charge in [-0.2, -0.15) is 0 Å². The number of sulfone groups is 1. The first kappa shape index (κ1) is 16.2. The molecule has 0 radical (unpaired) electrons. The summed E-state index contributed by atoms with van der Waals surface area (Å²) in [7, 11) is -6.61. The number of hydrogen-bond acceptors (Lipinski definition) is 5. The number of rotatable bonds is 4. The van der Waals surface area contributed by atoms with Gasteiger partial charge in [-0.05, 0) is 25.7 Å². The van der Waals surface area contributed by atoms with Gasteiger partial charge in [0.15, 0.2) is 0 Å². The van der Waals surface area contributed by atoms with Gasteiger partial charge in [0, 0.05) is 6.54 Å². The van der Waals surface area contributed by atoms with Crippen molar-refractivity contribution in [2.45, 2.75) is 55.8 Å². The van der Waals surface area contributed by atoms with Crippen LogP contribution in [0.15, 0.2) is 0 Å². The Morgan fingerprint density at radius 1 is 1.10 bits per heavy atom. The zero-order valence-electron chi connectivity index (χ0n) is 11.5. The van der Waals surface area contributed by atoms with Crippen LogP contribution in [0, 0.1) is 0 Å². The van der Waals surface area contributed by atoms with Gasteiger partial charge in [0.2, 0.25) is 10.0 Å². The molecular weight excluding hydrogens is 302 g/mol. The normalized spacial score (nSPS) is 27.2. The molecule has 0 amide bonds. The van der Waals surface area contributed by atoms with Gasteiger partial charge in [-0.3, -0.25) is 0 Å². The average molecular weight is 325 g/mol. The second-order valence-electron chi connectivity index (χ2n) is 6.00. The van der Waals surface area contributed by atoms with Crippen LogP contribution in [-0.4, -0.2) is 50.8 Å². The van der Waals surface area contributed by atoms with E-state index in [-0.39, 0.29) is 30.9 Å². The highest BCUT2D eigenvalue weighted by molar-refractivity contribution is 7.92. The van der Waals surface area contributed by atoms with Crippen molar-refractivity contribution in [2.75, 3.05) is 18.1 Å². The topological polar surface area (TPSA) is 101 Å². The summed E-state index contributed by atoms with van der Waals surface area (Å²) in [5, 5.41) is 9.64. The van der Waals surface area contributed by atoms with Gasteiger partial charge in [-0.15, -0.1) is 0 Å². The van der Waals surface area contributed by atoms with E-state index in [1.807, 2.05) is 0 Å². The minimum Gasteiger partial charge on any atom is -0.389 e. The Bertz CT molecular complexity index is 520. The maximum Gasteiger partial charge on any atom is 0.214 e. The van der Waals surface area contributed by atoms with Crippen molar-refractivity contribution >= 4 is 19.9 Å². The monoisotopic (exact) mass is 325 g/mol. The summed E-state index contributed by atoms with van der Waals surface area (Å²) in [6, 6.07) is 0. The Balaban J connectivity index is 1.91. The summed E-state index contributed by atoms with van der Waals surface area (Å²) < 4.78 is 49.5. The molecule has 0 aromatic carbocycles. The molecule has 6 nitrogen and oxygen atoms in total. The molecule has 0 bridgehead atoms. The summed E-state index contributed by atoms with van der Waals surface area (Å²) in [4.78, 5) is 0. The Labute approximate surface area is 120 Å². The van der Waals surface area contributed by atoms with Crippen LogP contribution < -0.4 is 4.72 Å². The van der Waals surface area contributed by atoms with E-state index in [4.69, 9.17) is 0 Å². The summed E-state index contributed by atoms with van der Waals surface area (Å²) in [6.07, 6.45) is 4.45. The highest BCUT2D eigenvalue weighted by Gasteiger charge is 2.35. The Morgan fingerprint density at radius 3 is 2.20 bits per heavy atom. The van der Waals surface area contributed by atoms with E-state index in [1.165, 1.54) is 0 Å². The van der Waals surface area contributed by atoms with Gasteiger partial charge >= 0.3 is 0 Å². The van der Waals surface area contributed by atoms with Crippen molar-refractivity contribution < 1.29 is 21.9 Å². The molecule has 0 atom stereocenters. The lowest BCUT2D eigenvalue weighted by Crippen LogP contribution is -2.48. The highest BCUT2D eigenvalue weighted by Crippen LogP contribution is 2.28. The standard InChI is InChI=1S/C12H23NO5S2/c14-12(6-2-1-3-7-12)10-13-20(17,18)11-4-8-19(15,16)9-5-11/h11,13-14H,1-10H2. The van der Waals surface area contributed by atoms with Crippen LogP contribution in [-0.2, 0) is 19.9 Å². The lowest BCUT2D eigenvalue weighted by Gasteiger charge is -2.33. The van der Waals surface area contributed by atoms with E-state index in [1.54, 1.807) is 0 Å². The molecule has 8 heteroatoms. The lowest BCUT2D eigenvalue weighted by molar-refractivity contribution is 0.00940. The third-order valence-electron chi connectivity index (χ3n) is 4.33. The highest BCUT2D eigenvalue weighted by atomic mass is 32.2. The molecule has 1 aliphatic carbocycles. The smallest absolute Gasteiger partial charge is 0.214 e. The predicted octanol–water partition coefficient (Wildman–Crippen LogP) is 0.178. The first-order chi connectivity index (χ1) is 9.23. The fraction of sp³-hybridized carbons (Fsp3) is 1.00. The first-order valence-electron chi connectivity index (χ1n) is 7.14. The van der Waals surface area contributed by atoms with Gasteiger partial charge in [0.05, 0.1) is 22.4 Å². The van der Waals surface area contributed by atoms with Crippen LogP contribution in [0.25, 0.3) is 0 Å². The van der Waals surface area contributed by atoms with Crippen molar-refractivity contribution in [2.24, 2.45) is 0 Å².